The number of pyridine rings is 1. The number of nitrogens with zero attached hydrogens (tertiary/aromatic N) is 2. The maximum absolute atomic E-state index is 12.2. The largest absolute Gasteiger partial charge is 0.337 e. The fourth-order valence-electron chi connectivity index (χ4n) is 2.35. The Balaban J connectivity index is 2.03. The fraction of sp³-hybridized carbons (Fsp3) is 0.571. The van der Waals surface area contributed by atoms with Crippen LogP contribution in [0.3, 0.4) is 0 Å². The second-order valence-corrected chi connectivity index (χ2v) is 5.30. The molecule has 0 aromatic carbocycles. The summed E-state index contributed by atoms with van der Waals surface area (Å²) in [6.07, 6.45) is 2.79. The molecule has 18 heavy (non-hydrogen) atoms. The number of carbonyl (C=O) groups excluding carboxylic acids is 1. The van der Waals surface area contributed by atoms with Crippen molar-refractivity contribution in [1.29, 1.82) is 0 Å². The van der Waals surface area contributed by atoms with Gasteiger partial charge < -0.3 is 10.6 Å². The Hall–Kier alpha value is -1.42. The van der Waals surface area contributed by atoms with Crippen LogP contribution in [0.5, 0.6) is 0 Å². The Morgan fingerprint density at radius 1 is 1.56 bits per heavy atom. The van der Waals surface area contributed by atoms with E-state index in [0.717, 1.165) is 25.1 Å². The molecule has 0 aliphatic carbocycles. The van der Waals surface area contributed by atoms with Gasteiger partial charge in [0.25, 0.3) is 5.91 Å². The van der Waals surface area contributed by atoms with E-state index in [4.69, 9.17) is 5.73 Å². The minimum atomic E-state index is 0.0433. The van der Waals surface area contributed by atoms with Crippen molar-refractivity contribution < 1.29 is 4.79 Å². The van der Waals surface area contributed by atoms with Crippen molar-refractivity contribution in [2.24, 2.45) is 17.6 Å². The number of rotatable bonds is 3. The zero-order valence-electron chi connectivity index (χ0n) is 11.1. The molecule has 1 atom stereocenters. The first-order chi connectivity index (χ1) is 8.61. The first kappa shape index (κ1) is 13.0. The highest BCUT2D eigenvalue weighted by Gasteiger charge is 2.28. The highest BCUT2D eigenvalue weighted by molar-refractivity contribution is 5.92. The molecular formula is C14H21N3O. The number of likely N-dealkylation sites (tertiary alicyclic amines) is 1. The molecule has 1 aromatic heterocycles. The van der Waals surface area contributed by atoms with Gasteiger partial charge in [-0.15, -0.1) is 0 Å². The van der Waals surface area contributed by atoms with Gasteiger partial charge in [0.2, 0.25) is 0 Å². The summed E-state index contributed by atoms with van der Waals surface area (Å²) in [6.45, 7) is 6.60. The number of hydrogen-bond donors (Lipinski definition) is 1. The molecular weight excluding hydrogens is 226 g/mol. The third-order valence-electron chi connectivity index (χ3n) is 3.73. The Bertz CT molecular complexity index is 414. The van der Waals surface area contributed by atoms with Gasteiger partial charge in [0, 0.05) is 25.8 Å². The average molecular weight is 247 g/mol. The molecule has 2 rings (SSSR count). The Kier molecular flexibility index (Phi) is 3.97. The van der Waals surface area contributed by atoms with Gasteiger partial charge in [0.05, 0.1) is 0 Å². The van der Waals surface area contributed by atoms with Crippen LogP contribution in [0.1, 0.15) is 36.3 Å². The normalized spacial score (nSPS) is 19.6. The minimum absolute atomic E-state index is 0.0433. The second-order valence-electron chi connectivity index (χ2n) is 5.30. The summed E-state index contributed by atoms with van der Waals surface area (Å²) >= 11 is 0. The summed E-state index contributed by atoms with van der Waals surface area (Å²) in [5.41, 5.74) is 6.99. The fourth-order valence-corrected chi connectivity index (χ4v) is 2.35. The van der Waals surface area contributed by atoms with E-state index in [1.807, 2.05) is 11.0 Å². The van der Waals surface area contributed by atoms with Crippen molar-refractivity contribution in [2.45, 2.75) is 26.8 Å². The minimum Gasteiger partial charge on any atom is -0.337 e. The van der Waals surface area contributed by atoms with E-state index in [-0.39, 0.29) is 5.91 Å². The average Bonchev–Trinajstić information content (AvgIpc) is 2.88. The molecule has 2 N–H and O–H groups in total. The van der Waals surface area contributed by atoms with Gasteiger partial charge in [-0.2, -0.15) is 0 Å². The van der Waals surface area contributed by atoms with E-state index in [9.17, 15) is 4.79 Å². The van der Waals surface area contributed by atoms with Gasteiger partial charge in [0.1, 0.15) is 5.69 Å². The predicted molar refractivity (Wildman–Crippen MR) is 71.0 cm³/mol. The molecule has 98 valence electrons. The molecule has 4 heteroatoms. The molecule has 0 saturated carbocycles. The van der Waals surface area contributed by atoms with Gasteiger partial charge in [-0.05, 0) is 29.9 Å². The molecule has 1 aliphatic heterocycles. The molecule has 0 spiro atoms. The van der Waals surface area contributed by atoms with Crippen LogP contribution in [-0.2, 0) is 6.54 Å². The highest BCUT2D eigenvalue weighted by atomic mass is 16.2. The van der Waals surface area contributed by atoms with E-state index < -0.39 is 0 Å². The van der Waals surface area contributed by atoms with Crippen LogP contribution in [0.4, 0.5) is 0 Å². The molecule has 1 aromatic rings. The standard InChI is InChI=1S/C14H21N3O/c1-10(2)12-5-6-17(9-12)14(18)13-4-3-11(7-15)8-16-13/h3-4,8,10,12H,5-7,9,15H2,1-2H3. The van der Waals surface area contributed by atoms with Crippen molar-refractivity contribution in [1.82, 2.24) is 9.88 Å². The van der Waals surface area contributed by atoms with Crippen molar-refractivity contribution in [3.05, 3.63) is 29.6 Å². The van der Waals surface area contributed by atoms with Gasteiger partial charge in [-0.1, -0.05) is 19.9 Å². The van der Waals surface area contributed by atoms with Crippen molar-refractivity contribution in [3.63, 3.8) is 0 Å². The van der Waals surface area contributed by atoms with E-state index in [2.05, 4.69) is 18.8 Å². The zero-order valence-corrected chi connectivity index (χ0v) is 11.1. The monoisotopic (exact) mass is 247 g/mol. The number of nitrogens with two attached hydrogens (primary N) is 1. The zero-order chi connectivity index (χ0) is 13.1. The van der Waals surface area contributed by atoms with Gasteiger partial charge >= 0.3 is 0 Å². The van der Waals surface area contributed by atoms with Gasteiger partial charge in [-0.3, -0.25) is 9.78 Å². The molecule has 0 bridgehead atoms. The lowest BCUT2D eigenvalue weighted by Gasteiger charge is -2.17. The van der Waals surface area contributed by atoms with Crippen molar-refractivity contribution in [2.75, 3.05) is 13.1 Å². The topological polar surface area (TPSA) is 59.2 Å². The molecule has 2 heterocycles. The van der Waals surface area contributed by atoms with Crippen LogP contribution in [-0.4, -0.2) is 28.9 Å². The van der Waals surface area contributed by atoms with E-state index >= 15 is 0 Å². The summed E-state index contributed by atoms with van der Waals surface area (Å²) in [7, 11) is 0. The third kappa shape index (κ3) is 2.70. The lowest BCUT2D eigenvalue weighted by molar-refractivity contribution is 0.0778. The predicted octanol–water partition coefficient (Wildman–Crippen LogP) is 1.66. The quantitative estimate of drug-likeness (QED) is 0.883. The molecule has 4 nitrogen and oxygen atoms in total. The van der Waals surface area contributed by atoms with E-state index in [0.29, 0.717) is 24.1 Å². The third-order valence-corrected chi connectivity index (χ3v) is 3.73. The van der Waals surface area contributed by atoms with Crippen LogP contribution in [0.25, 0.3) is 0 Å². The Morgan fingerprint density at radius 3 is 2.83 bits per heavy atom. The lowest BCUT2D eigenvalue weighted by atomic mass is 9.95. The van der Waals surface area contributed by atoms with Gasteiger partial charge in [-0.25, -0.2) is 0 Å². The second kappa shape index (κ2) is 5.48. The summed E-state index contributed by atoms with van der Waals surface area (Å²) in [5.74, 6) is 1.30. The van der Waals surface area contributed by atoms with E-state index in [1.165, 1.54) is 0 Å². The van der Waals surface area contributed by atoms with Crippen LogP contribution in [0.15, 0.2) is 18.3 Å². The molecule has 1 unspecified atom stereocenters. The first-order valence-corrected chi connectivity index (χ1v) is 6.56. The highest BCUT2D eigenvalue weighted by Crippen LogP contribution is 2.24. The lowest BCUT2D eigenvalue weighted by Crippen LogP contribution is -2.30. The summed E-state index contributed by atoms with van der Waals surface area (Å²) in [5, 5.41) is 0. The number of aromatic nitrogens is 1. The van der Waals surface area contributed by atoms with Crippen LogP contribution >= 0.6 is 0 Å². The Morgan fingerprint density at radius 2 is 2.33 bits per heavy atom. The maximum atomic E-state index is 12.2. The van der Waals surface area contributed by atoms with E-state index in [1.54, 1.807) is 12.3 Å². The maximum Gasteiger partial charge on any atom is 0.272 e. The van der Waals surface area contributed by atoms with Crippen LogP contribution in [0, 0.1) is 11.8 Å². The molecule has 0 radical (unpaired) electrons. The molecule has 1 aliphatic rings. The van der Waals surface area contributed by atoms with Crippen molar-refractivity contribution >= 4 is 5.91 Å². The number of hydrogen-bond acceptors (Lipinski definition) is 3. The summed E-state index contributed by atoms with van der Waals surface area (Å²) in [4.78, 5) is 18.4. The van der Waals surface area contributed by atoms with Crippen molar-refractivity contribution in [3.8, 4) is 0 Å². The van der Waals surface area contributed by atoms with Crippen LogP contribution in [0.2, 0.25) is 0 Å². The molecule has 1 fully saturated rings. The molecule has 1 saturated heterocycles. The summed E-state index contributed by atoms with van der Waals surface area (Å²) < 4.78 is 0. The van der Waals surface area contributed by atoms with Crippen LogP contribution < -0.4 is 5.73 Å². The van der Waals surface area contributed by atoms with Gasteiger partial charge in [0.15, 0.2) is 0 Å². The smallest absolute Gasteiger partial charge is 0.272 e. The summed E-state index contributed by atoms with van der Waals surface area (Å²) in [6, 6.07) is 3.64. The number of amides is 1. The first-order valence-electron chi connectivity index (χ1n) is 6.56. The number of carbonyl (C=O) groups is 1. The molecule has 1 amide bonds. The Labute approximate surface area is 108 Å². The SMILES string of the molecule is CC(C)C1CCN(C(=O)c2ccc(CN)cn2)C1.